The maximum atomic E-state index is 13.0. The Bertz CT molecular complexity index is 355. The number of ether oxygens (including phenoxy) is 2. The molecular formula is C10H12FNO3. The molecule has 0 aliphatic rings. The smallest absolute Gasteiger partial charge is 0.411 e. The summed E-state index contributed by atoms with van der Waals surface area (Å²) in [5.41, 5.74) is 0.423. The van der Waals surface area contributed by atoms with Crippen LogP contribution in [0.3, 0.4) is 0 Å². The second kappa shape index (κ2) is 5.19. The highest BCUT2D eigenvalue weighted by atomic mass is 19.1. The van der Waals surface area contributed by atoms with Gasteiger partial charge in [-0.2, -0.15) is 0 Å². The fraction of sp³-hybridized carbons (Fsp3) is 0.300. The molecule has 0 unspecified atom stereocenters. The van der Waals surface area contributed by atoms with Crippen LogP contribution in [0.15, 0.2) is 18.2 Å². The van der Waals surface area contributed by atoms with Crippen molar-refractivity contribution in [3.8, 4) is 5.75 Å². The van der Waals surface area contributed by atoms with Crippen LogP contribution in [0, 0.1) is 5.82 Å². The summed E-state index contributed by atoms with van der Waals surface area (Å²) in [5, 5.41) is 2.44. The Labute approximate surface area is 87.0 Å². The molecule has 0 bridgehead atoms. The first-order valence-corrected chi connectivity index (χ1v) is 4.44. The summed E-state index contributed by atoms with van der Waals surface area (Å²) in [6, 6.07) is 4.02. The van der Waals surface area contributed by atoms with Crippen molar-refractivity contribution in [2.24, 2.45) is 0 Å². The molecule has 0 aliphatic carbocycles. The minimum absolute atomic E-state index is 0.0734. The predicted octanol–water partition coefficient (Wildman–Crippen LogP) is 2.40. The lowest BCUT2D eigenvalue weighted by Gasteiger charge is -2.07. The minimum Gasteiger partial charge on any atom is -0.494 e. The number of rotatable bonds is 3. The van der Waals surface area contributed by atoms with E-state index in [1.54, 1.807) is 6.92 Å². The number of hydrogen-bond donors (Lipinski definition) is 1. The number of halogens is 1. The first-order chi connectivity index (χ1) is 7.17. The van der Waals surface area contributed by atoms with Crippen LogP contribution in [0.2, 0.25) is 0 Å². The van der Waals surface area contributed by atoms with Crippen molar-refractivity contribution in [2.45, 2.75) is 6.92 Å². The van der Waals surface area contributed by atoms with Crippen LogP contribution < -0.4 is 10.1 Å². The third kappa shape index (κ3) is 3.12. The highest BCUT2D eigenvalue weighted by Crippen LogP contribution is 2.21. The molecule has 0 heterocycles. The van der Waals surface area contributed by atoms with E-state index in [9.17, 15) is 9.18 Å². The highest BCUT2D eigenvalue weighted by Gasteiger charge is 2.06. The standard InChI is InChI=1S/C10H12FNO3/c1-3-15-10(13)12-7-4-5-8(11)9(6-7)14-2/h4-6H,3H2,1-2H3,(H,12,13). The SMILES string of the molecule is CCOC(=O)Nc1ccc(F)c(OC)c1. The molecule has 0 saturated carbocycles. The molecule has 1 N–H and O–H groups in total. The molecule has 1 aromatic carbocycles. The first kappa shape index (κ1) is 11.3. The lowest BCUT2D eigenvalue weighted by molar-refractivity contribution is 0.168. The van der Waals surface area contributed by atoms with E-state index in [2.05, 4.69) is 10.1 Å². The lowest BCUT2D eigenvalue weighted by atomic mass is 10.3. The van der Waals surface area contributed by atoms with Gasteiger partial charge in [0.1, 0.15) is 0 Å². The maximum Gasteiger partial charge on any atom is 0.411 e. The molecule has 1 amide bonds. The summed E-state index contributed by atoms with van der Waals surface area (Å²) in [6.07, 6.45) is -0.578. The number of hydrogen-bond acceptors (Lipinski definition) is 3. The van der Waals surface area contributed by atoms with Crippen LogP contribution in [0.25, 0.3) is 0 Å². The van der Waals surface area contributed by atoms with E-state index in [0.29, 0.717) is 5.69 Å². The summed E-state index contributed by atoms with van der Waals surface area (Å²) in [5.74, 6) is -0.406. The summed E-state index contributed by atoms with van der Waals surface area (Å²) in [7, 11) is 1.35. The normalized spacial score (nSPS) is 9.53. The molecule has 0 atom stereocenters. The number of nitrogens with one attached hydrogen (secondary N) is 1. The fourth-order valence-corrected chi connectivity index (χ4v) is 1.02. The third-order valence-electron chi connectivity index (χ3n) is 1.67. The molecule has 0 spiro atoms. The number of carbonyl (C=O) groups excluding carboxylic acids is 1. The largest absolute Gasteiger partial charge is 0.494 e. The molecule has 1 aromatic rings. The van der Waals surface area contributed by atoms with Gasteiger partial charge in [0.25, 0.3) is 0 Å². The molecular weight excluding hydrogens is 201 g/mol. The van der Waals surface area contributed by atoms with Gasteiger partial charge in [-0.05, 0) is 19.1 Å². The average molecular weight is 213 g/mol. The highest BCUT2D eigenvalue weighted by molar-refractivity contribution is 5.84. The van der Waals surface area contributed by atoms with Gasteiger partial charge < -0.3 is 9.47 Å². The molecule has 15 heavy (non-hydrogen) atoms. The van der Waals surface area contributed by atoms with Gasteiger partial charge in [-0.3, -0.25) is 5.32 Å². The zero-order valence-electron chi connectivity index (χ0n) is 8.54. The van der Waals surface area contributed by atoms with Crippen molar-refractivity contribution in [3.05, 3.63) is 24.0 Å². The second-order valence-corrected chi connectivity index (χ2v) is 2.69. The van der Waals surface area contributed by atoms with E-state index < -0.39 is 11.9 Å². The Morgan fingerprint density at radius 1 is 1.53 bits per heavy atom. The minimum atomic E-state index is -0.578. The monoisotopic (exact) mass is 213 g/mol. The van der Waals surface area contributed by atoms with Crippen LogP contribution >= 0.6 is 0 Å². The quantitative estimate of drug-likeness (QED) is 0.838. The number of methoxy groups -OCH3 is 1. The lowest BCUT2D eigenvalue weighted by Crippen LogP contribution is -2.13. The number of anilines is 1. The van der Waals surface area contributed by atoms with E-state index in [4.69, 9.17) is 4.74 Å². The Balaban J connectivity index is 2.74. The third-order valence-corrected chi connectivity index (χ3v) is 1.67. The number of carbonyl (C=O) groups is 1. The van der Waals surface area contributed by atoms with E-state index in [1.807, 2.05) is 0 Å². The molecule has 0 aliphatic heterocycles. The molecule has 0 fully saturated rings. The van der Waals surface area contributed by atoms with Crippen LogP contribution in [-0.4, -0.2) is 19.8 Å². The maximum absolute atomic E-state index is 13.0. The summed E-state index contributed by atoms with van der Waals surface area (Å²) in [6.45, 7) is 1.98. The first-order valence-electron chi connectivity index (χ1n) is 4.44. The van der Waals surface area contributed by atoms with E-state index in [-0.39, 0.29) is 12.4 Å². The Morgan fingerprint density at radius 3 is 2.87 bits per heavy atom. The molecule has 0 aromatic heterocycles. The van der Waals surface area contributed by atoms with Crippen LogP contribution in [0.4, 0.5) is 14.9 Å². The average Bonchev–Trinajstić information content (AvgIpc) is 2.21. The molecule has 82 valence electrons. The van der Waals surface area contributed by atoms with Gasteiger partial charge in [0.2, 0.25) is 0 Å². The predicted molar refractivity (Wildman–Crippen MR) is 53.6 cm³/mol. The molecule has 1 rings (SSSR count). The van der Waals surface area contributed by atoms with Crippen molar-refractivity contribution in [2.75, 3.05) is 19.0 Å². The molecule has 0 saturated heterocycles. The number of benzene rings is 1. The van der Waals surface area contributed by atoms with Crippen molar-refractivity contribution in [1.29, 1.82) is 0 Å². The van der Waals surface area contributed by atoms with Crippen molar-refractivity contribution in [3.63, 3.8) is 0 Å². The summed E-state index contributed by atoms with van der Waals surface area (Å²) in [4.78, 5) is 11.0. The summed E-state index contributed by atoms with van der Waals surface area (Å²) >= 11 is 0. The van der Waals surface area contributed by atoms with Gasteiger partial charge in [-0.15, -0.1) is 0 Å². The van der Waals surface area contributed by atoms with Gasteiger partial charge in [0, 0.05) is 11.8 Å². The number of amides is 1. The topological polar surface area (TPSA) is 47.6 Å². The second-order valence-electron chi connectivity index (χ2n) is 2.69. The van der Waals surface area contributed by atoms with Crippen molar-refractivity contribution < 1.29 is 18.7 Å². The summed E-state index contributed by atoms with van der Waals surface area (Å²) < 4.78 is 22.4. The van der Waals surface area contributed by atoms with Gasteiger partial charge in [0.05, 0.1) is 13.7 Å². The van der Waals surface area contributed by atoms with Gasteiger partial charge in [0.15, 0.2) is 11.6 Å². The van der Waals surface area contributed by atoms with Crippen molar-refractivity contribution >= 4 is 11.8 Å². The van der Waals surface area contributed by atoms with Crippen LogP contribution in [0.1, 0.15) is 6.92 Å². The molecule has 5 heteroatoms. The Hall–Kier alpha value is -1.78. The zero-order valence-corrected chi connectivity index (χ0v) is 8.54. The fourth-order valence-electron chi connectivity index (χ4n) is 1.02. The van der Waals surface area contributed by atoms with E-state index in [0.717, 1.165) is 0 Å². The Morgan fingerprint density at radius 2 is 2.27 bits per heavy atom. The van der Waals surface area contributed by atoms with Crippen molar-refractivity contribution in [1.82, 2.24) is 0 Å². The van der Waals surface area contributed by atoms with Gasteiger partial charge in [-0.1, -0.05) is 0 Å². The molecule has 4 nitrogen and oxygen atoms in total. The van der Waals surface area contributed by atoms with Gasteiger partial charge in [-0.25, -0.2) is 9.18 Å². The molecule has 0 radical (unpaired) electrons. The van der Waals surface area contributed by atoms with Crippen LogP contribution in [0.5, 0.6) is 5.75 Å². The van der Waals surface area contributed by atoms with E-state index >= 15 is 0 Å². The zero-order chi connectivity index (χ0) is 11.3. The van der Waals surface area contributed by atoms with Crippen LogP contribution in [-0.2, 0) is 4.74 Å². The van der Waals surface area contributed by atoms with Gasteiger partial charge >= 0.3 is 6.09 Å². The van der Waals surface area contributed by atoms with E-state index in [1.165, 1.54) is 25.3 Å². The Kier molecular flexibility index (Phi) is 3.91.